The van der Waals surface area contributed by atoms with Crippen molar-refractivity contribution in [2.75, 3.05) is 31.5 Å². The molecule has 3 heterocycles. The summed E-state index contributed by atoms with van der Waals surface area (Å²) in [5.74, 6) is 0.123. The molecule has 154 valence electrons. The maximum absolute atomic E-state index is 12.9. The molecule has 0 bridgehead atoms. The fourth-order valence-electron chi connectivity index (χ4n) is 4.13. The molecule has 0 radical (unpaired) electrons. The van der Waals surface area contributed by atoms with Crippen LogP contribution >= 0.6 is 0 Å². The Balaban J connectivity index is 1.34. The molecule has 2 fully saturated rings. The van der Waals surface area contributed by atoms with Crippen LogP contribution in [0.1, 0.15) is 59.6 Å². The fraction of sp³-hybridized carbons (Fsp3) is 0.500. The van der Waals surface area contributed by atoms with E-state index in [4.69, 9.17) is 4.42 Å². The van der Waals surface area contributed by atoms with Gasteiger partial charge in [0.15, 0.2) is 5.76 Å². The van der Waals surface area contributed by atoms with E-state index in [9.17, 15) is 9.59 Å². The average Bonchev–Trinajstić information content (AvgIpc) is 3.18. The minimum atomic E-state index is -0.130. The van der Waals surface area contributed by atoms with E-state index in [0.29, 0.717) is 43.7 Å². The van der Waals surface area contributed by atoms with Crippen molar-refractivity contribution in [2.24, 2.45) is 0 Å². The van der Waals surface area contributed by atoms with Gasteiger partial charge in [0.05, 0.1) is 6.26 Å². The van der Waals surface area contributed by atoms with Gasteiger partial charge in [0.25, 0.3) is 11.8 Å². The van der Waals surface area contributed by atoms with Gasteiger partial charge in [-0.25, -0.2) is 0 Å². The van der Waals surface area contributed by atoms with Crippen LogP contribution in [0.3, 0.4) is 0 Å². The molecule has 7 heteroatoms. The van der Waals surface area contributed by atoms with E-state index in [1.165, 1.54) is 44.8 Å². The lowest BCUT2D eigenvalue weighted by molar-refractivity contribution is 0.0515. The summed E-state index contributed by atoms with van der Waals surface area (Å²) in [4.78, 5) is 33.1. The zero-order valence-corrected chi connectivity index (χ0v) is 16.7. The number of rotatable bonds is 4. The number of hydrogen-bond donors (Lipinski definition) is 1. The second kappa shape index (κ2) is 9.11. The molecule has 2 aliphatic rings. The first-order valence-electron chi connectivity index (χ1n) is 10.6. The predicted octanol–water partition coefficient (Wildman–Crippen LogP) is 3.41. The van der Waals surface area contributed by atoms with Crippen molar-refractivity contribution in [1.82, 2.24) is 14.8 Å². The van der Waals surface area contributed by atoms with Gasteiger partial charge in [-0.2, -0.15) is 0 Å². The lowest BCUT2D eigenvalue weighted by atomic mass is 10.1. The second-order valence-corrected chi connectivity index (χ2v) is 7.82. The minimum Gasteiger partial charge on any atom is -0.459 e. The van der Waals surface area contributed by atoms with Gasteiger partial charge >= 0.3 is 0 Å². The van der Waals surface area contributed by atoms with E-state index < -0.39 is 0 Å². The Bertz CT molecular complexity index is 820. The summed E-state index contributed by atoms with van der Waals surface area (Å²) in [5, 5.41) is 3.58. The van der Waals surface area contributed by atoms with Crippen LogP contribution in [0.5, 0.6) is 0 Å². The number of amides is 2. The molecule has 0 spiro atoms. The number of hydrogen-bond acceptors (Lipinski definition) is 5. The maximum atomic E-state index is 12.9. The van der Waals surface area contributed by atoms with Crippen molar-refractivity contribution in [3.05, 3.63) is 48.2 Å². The molecule has 2 amide bonds. The van der Waals surface area contributed by atoms with Crippen molar-refractivity contribution in [3.63, 3.8) is 0 Å². The topological polar surface area (TPSA) is 78.7 Å². The minimum absolute atomic E-state index is 0.0837. The summed E-state index contributed by atoms with van der Waals surface area (Å²) in [6.45, 7) is 1.97. The van der Waals surface area contributed by atoms with Crippen LogP contribution in [0.2, 0.25) is 0 Å². The average molecular weight is 396 g/mol. The molecule has 1 saturated heterocycles. The molecule has 0 unspecified atom stereocenters. The number of aromatic nitrogens is 1. The first-order valence-corrected chi connectivity index (χ1v) is 10.6. The maximum Gasteiger partial charge on any atom is 0.289 e. The van der Waals surface area contributed by atoms with Crippen molar-refractivity contribution in [1.29, 1.82) is 0 Å². The molecule has 7 nitrogen and oxygen atoms in total. The summed E-state index contributed by atoms with van der Waals surface area (Å²) < 4.78 is 5.19. The van der Waals surface area contributed by atoms with Gasteiger partial charge in [0.1, 0.15) is 5.69 Å². The lowest BCUT2D eigenvalue weighted by Gasteiger charge is -2.34. The van der Waals surface area contributed by atoms with Crippen LogP contribution in [-0.2, 0) is 0 Å². The number of carbonyl (C=O) groups excluding carboxylic acids is 2. The van der Waals surface area contributed by atoms with Crippen LogP contribution in [0.15, 0.2) is 41.1 Å². The third kappa shape index (κ3) is 4.78. The van der Waals surface area contributed by atoms with E-state index in [2.05, 4.69) is 10.3 Å². The van der Waals surface area contributed by atoms with Gasteiger partial charge in [0.2, 0.25) is 0 Å². The van der Waals surface area contributed by atoms with Gasteiger partial charge in [-0.1, -0.05) is 25.7 Å². The van der Waals surface area contributed by atoms with Crippen molar-refractivity contribution >= 4 is 17.5 Å². The molecule has 29 heavy (non-hydrogen) atoms. The van der Waals surface area contributed by atoms with Crippen LogP contribution in [0.4, 0.5) is 5.69 Å². The van der Waals surface area contributed by atoms with Gasteiger partial charge in [0, 0.05) is 44.1 Å². The van der Waals surface area contributed by atoms with Crippen LogP contribution < -0.4 is 5.32 Å². The van der Waals surface area contributed by atoms with E-state index in [-0.39, 0.29) is 11.8 Å². The number of furan rings is 1. The fourth-order valence-corrected chi connectivity index (χ4v) is 4.13. The van der Waals surface area contributed by atoms with Crippen molar-refractivity contribution in [2.45, 2.75) is 44.6 Å². The number of carbonyl (C=O) groups is 2. The van der Waals surface area contributed by atoms with Gasteiger partial charge in [-0.05, 0) is 37.1 Å². The molecule has 1 saturated carbocycles. The number of anilines is 1. The smallest absolute Gasteiger partial charge is 0.289 e. The quantitative estimate of drug-likeness (QED) is 0.802. The van der Waals surface area contributed by atoms with Crippen LogP contribution in [-0.4, -0.2) is 58.8 Å². The normalized spacial score (nSPS) is 18.3. The molecular weight excluding hydrogens is 368 g/mol. The zero-order chi connectivity index (χ0) is 20.1. The van der Waals surface area contributed by atoms with E-state index in [1.807, 2.05) is 12.1 Å². The van der Waals surface area contributed by atoms with Crippen molar-refractivity contribution < 1.29 is 14.0 Å². The van der Waals surface area contributed by atoms with Crippen LogP contribution in [0, 0.1) is 0 Å². The number of piperazine rings is 1. The predicted molar refractivity (Wildman–Crippen MR) is 110 cm³/mol. The molecule has 1 aliphatic heterocycles. The largest absolute Gasteiger partial charge is 0.459 e. The highest BCUT2D eigenvalue weighted by atomic mass is 16.3. The molecule has 4 rings (SSSR count). The Kier molecular flexibility index (Phi) is 6.12. The number of nitrogens with zero attached hydrogens (tertiary/aromatic N) is 3. The lowest BCUT2D eigenvalue weighted by Crippen LogP contribution is -2.50. The molecule has 1 aliphatic carbocycles. The van der Waals surface area contributed by atoms with Gasteiger partial charge < -0.3 is 19.5 Å². The molecule has 2 aromatic heterocycles. The van der Waals surface area contributed by atoms with Gasteiger partial charge in [-0.15, -0.1) is 0 Å². The summed E-state index contributed by atoms with van der Waals surface area (Å²) in [7, 11) is 0. The first-order chi connectivity index (χ1) is 14.2. The summed E-state index contributed by atoms with van der Waals surface area (Å²) >= 11 is 0. The molecule has 0 aromatic carbocycles. The van der Waals surface area contributed by atoms with Crippen molar-refractivity contribution in [3.8, 4) is 0 Å². The summed E-state index contributed by atoms with van der Waals surface area (Å²) in [5.41, 5.74) is 1.41. The third-order valence-electron chi connectivity index (χ3n) is 5.79. The highest BCUT2D eigenvalue weighted by Gasteiger charge is 2.27. The van der Waals surface area contributed by atoms with E-state index in [0.717, 1.165) is 5.69 Å². The van der Waals surface area contributed by atoms with E-state index in [1.54, 1.807) is 28.1 Å². The highest BCUT2D eigenvalue weighted by Crippen LogP contribution is 2.21. The Labute approximate surface area is 171 Å². The highest BCUT2D eigenvalue weighted by molar-refractivity contribution is 5.94. The number of nitrogens with one attached hydrogen (secondary N) is 1. The monoisotopic (exact) mass is 396 g/mol. The summed E-state index contributed by atoms with van der Waals surface area (Å²) in [6, 6.07) is 7.62. The van der Waals surface area contributed by atoms with Crippen LogP contribution in [0.25, 0.3) is 0 Å². The Morgan fingerprint density at radius 2 is 1.66 bits per heavy atom. The Hall–Kier alpha value is -2.83. The second-order valence-electron chi connectivity index (χ2n) is 7.82. The first kappa shape index (κ1) is 19.5. The standard InChI is InChI=1S/C22H28N4O3/c27-21(25-11-13-26(14-12-25)22(28)20-8-5-15-29-20)19-16-18(9-10-23-19)24-17-6-3-1-2-4-7-17/h5,8-10,15-17H,1-4,6-7,11-14H2,(H,23,24). The Morgan fingerprint density at radius 3 is 2.31 bits per heavy atom. The molecule has 2 aromatic rings. The molecule has 1 N–H and O–H groups in total. The molecule has 0 atom stereocenters. The Morgan fingerprint density at radius 1 is 0.966 bits per heavy atom. The van der Waals surface area contributed by atoms with E-state index >= 15 is 0 Å². The SMILES string of the molecule is O=C(c1cc(NC2CCCCCC2)ccn1)N1CCN(C(=O)c2ccco2)CC1. The summed E-state index contributed by atoms with van der Waals surface area (Å²) in [6.07, 6.45) is 10.7. The third-order valence-corrected chi connectivity index (χ3v) is 5.79. The number of pyridine rings is 1. The molecular formula is C22H28N4O3. The zero-order valence-electron chi connectivity index (χ0n) is 16.7. The van der Waals surface area contributed by atoms with Gasteiger partial charge in [-0.3, -0.25) is 14.6 Å².